The van der Waals surface area contributed by atoms with Crippen molar-refractivity contribution in [2.45, 2.75) is 20.5 Å². The minimum Gasteiger partial charge on any atom is -0.444 e. The molecule has 1 aromatic heterocycles. The molecule has 7 nitrogen and oxygen atoms in total. The zero-order chi connectivity index (χ0) is 17.5. The fraction of sp³-hybridized carbons (Fsp3) is 0.250. The largest absolute Gasteiger partial charge is 0.444 e. The van der Waals surface area contributed by atoms with Crippen molar-refractivity contribution in [3.8, 4) is 0 Å². The van der Waals surface area contributed by atoms with Crippen molar-refractivity contribution in [2.75, 3.05) is 12.1 Å². The topological polar surface area (TPSA) is 79.4 Å². The fourth-order valence-corrected chi connectivity index (χ4v) is 2.16. The molecule has 0 spiro atoms. The average molecular weight is 345 g/mol. The number of amides is 1. The number of aryl methyl sites for hydroxylation is 2. The summed E-state index contributed by atoms with van der Waals surface area (Å²) >= 11 is 5.08. The van der Waals surface area contributed by atoms with Crippen LogP contribution in [0.5, 0.6) is 0 Å². The van der Waals surface area contributed by atoms with Gasteiger partial charge in [-0.15, -0.1) is 0 Å². The average Bonchev–Trinajstić information content (AvgIpc) is 2.53. The highest BCUT2D eigenvalue weighted by Gasteiger charge is 2.10. The van der Waals surface area contributed by atoms with Crippen molar-refractivity contribution >= 4 is 29.4 Å². The van der Waals surface area contributed by atoms with Gasteiger partial charge in [-0.3, -0.25) is 15.8 Å². The number of ether oxygens (including phenoxy) is 1. The van der Waals surface area contributed by atoms with Crippen LogP contribution in [0, 0.1) is 13.8 Å². The van der Waals surface area contributed by atoms with E-state index in [2.05, 4.69) is 20.7 Å². The van der Waals surface area contributed by atoms with E-state index < -0.39 is 6.09 Å². The molecule has 0 unspecified atom stereocenters. The van der Waals surface area contributed by atoms with Gasteiger partial charge in [0.05, 0.1) is 0 Å². The summed E-state index contributed by atoms with van der Waals surface area (Å²) in [6.07, 6.45) is -0.633. The van der Waals surface area contributed by atoms with Crippen LogP contribution in [0.4, 0.5) is 10.7 Å². The highest BCUT2D eigenvalue weighted by Crippen LogP contribution is 2.06. The molecule has 0 saturated heterocycles. The van der Waals surface area contributed by atoms with Crippen molar-refractivity contribution in [1.82, 2.24) is 20.7 Å². The van der Waals surface area contributed by atoms with E-state index in [1.807, 2.05) is 50.2 Å². The summed E-state index contributed by atoms with van der Waals surface area (Å²) in [6, 6.07) is 11.3. The quantitative estimate of drug-likeness (QED) is 0.650. The van der Waals surface area contributed by atoms with Crippen LogP contribution >= 0.6 is 12.2 Å². The Morgan fingerprint density at radius 1 is 1.21 bits per heavy atom. The zero-order valence-corrected chi connectivity index (χ0v) is 14.6. The first-order chi connectivity index (χ1) is 11.4. The Morgan fingerprint density at radius 2 is 1.83 bits per heavy atom. The maximum atomic E-state index is 11.7. The Balaban J connectivity index is 1.82. The third kappa shape index (κ3) is 5.47. The van der Waals surface area contributed by atoms with Gasteiger partial charge in [0.15, 0.2) is 5.11 Å². The molecule has 0 fully saturated rings. The predicted molar refractivity (Wildman–Crippen MR) is 95.4 cm³/mol. The second-order valence-electron chi connectivity index (χ2n) is 5.14. The highest BCUT2D eigenvalue weighted by atomic mass is 32.1. The first-order valence-corrected chi connectivity index (χ1v) is 7.69. The number of nitrogens with one attached hydrogen (secondary N) is 2. The second-order valence-corrected chi connectivity index (χ2v) is 5.55. The maximum Gasteiger partial charge on any atom is 0.413 e. The normalized spacial score (nSPS) is 9.96. The monoisotopic (exact) mass is 345 g/mol. The molecule has 8 heteroatoms. The molecule has 0 radical (unpaired) electrons. The predicted octanol–water partition coefficient (Wildman–Crippen LogP) is 2.25. The van der Waals surface area contributed by atoms with Crippen LogP contribution in [0.15, 0.2) is 36.4 Å². The second kappa shape index (κ2) is 8.21. The third-order valence-electron chi connectivity index (χ3n) is 2.97. The number of aromatic nitrogens is 2. The lowest BCUT2D eigenvalue weighted by molar-refractivity contribution is 0.145. The summed E-state index contributed by atoms with van der Waals surface area (Å²) < 4.78 is 5.10. The van der Waals surface area contributed by atoms with Crippen molar-refractivity contribution in [3.63, 3.8) is 0 Å². The molecule has 0 aliphatic heterocycles. The van der Waals surface area contributed by atoms with E-state index in [0.717, 1.165) is 17.0 Å². The van der Waals surface area contributed by atoms with E-state index in [1.165, 1.54) is 5.01 Å². The Labute approximate surface area is 146 Å². The molecule has 24 heavy (non-hydrogen) atoms. The summed E-state index contributed by atoms with van der Waals surface area (Å²) in [5.74, 6) is 0.453. The van der Waals surface area contributed by atoms with E-state index in [0.29, 0.717) is 5.95 Å². The van der Waals surface area contributed by atoms with E-state index in [4.69, 9.17) is 17.0 Å². The van der Waals surface area contributed by atoms with Gasteiger partial charge < -0.3 is 4.74 Å². The van der Waals surface area contributed by atoms with E-state index >= 15 is 0 Å². The maximum absolute atomic E-state index is 11.7. The van der Waals surface area contributed by atoms with Gasteiger partial charge in [0, 0.05) is 18.4 Å². The number of alkyl carbamates (subject to hydrolysis) is 1. The van der Waals surface area contributed by atoms with Gasteiger partial charge >= 0.3 is 6.09 Å². The lowest BCUT2D eigenvalue weighted by Gasteiger charge is -2.20. The first kappa shape index (κ1) is 17.6. The highest BCUT2D eigenvalue weighted by molar-refractivity contribution is 7.80. The number of anilines is 1. The summed E-state index contributed by atoms with van der Waals surface area (Å²) in [5, 5.41) is 4.07. The smallest absolute Gasteiger partial charge is 0.413 e. The van der Waals surface area contributed by atoms with Crippen LogP contribution in [-0.4, -0.2) is 28.2 Å². The third-order valence-corrected chi connectivity index (χ3v) is 3.16. The Morgan fingerprint density at radius 3 is 2.46 bits per heavy atom. The Kier molecular flexibility index (Phi) is 6.02. The van der Waals surface area contributed by atoms with Gasteiger partial charge in [0.2, 0.25) is 5.95 Å². The molecule has 2 rings (SSSR count). The summed E-state index contributed by atoms with van der Waals surface area (Å²) in [6.45, 7) is 3.93. The molecule has 2 N–H and O–H groups in total. The van der Waals surface area contributed by atoms with Crippen LogP contribution in [0.2, 0.25) is 0 Å². The molecule has 1 heterocycles. The molecule has 2 aromatic rings. The number of hydrazine groups is 1. The van der Waals surface area contributed by atoms with Crippen molar-refractivity contribution in [3.05, 3.63) is 53.3 Å². The molecule has 0 saturated carbocycles. The number of carbonyl (C=O) groups excluding carboxylic acids is 1. The van der Waals surface area contributed by atoms with E-state index in [-0.39, 0.29) is 11.7 Å². The van der Waals surface area contributed by atoms with E-state index in [1.54, 1.807) is 7.05 Å². The molecule has 1 aromatic carbocycles. The fourth-order valence-electron chi connectivity index (χ4n) is 1.94. The SMILES string of the molecule is Cc1cc(C)nc(N(C)NC(=S)NC(=O)OCc2ccccc2)n1. The van der Waals surface area contributed by atoms with Gasteiger partial charge in [-0.05, 0) is 37.7 Å². The number of thiocarbonyl (C=S) groups is 1. The summed E-state index contributed by atoms with van der Waals surface area (Å²) in [4.78, 5) is 20.3. The van der Waals surface area contributed by atoms with Gasteiger partial charge in [-0.2, -0.15) is 0 Å². The molecule has 126 valence electrons. The minimum absolute atomic E-state index is 0.0957. The Hall–Kier alpha value is -2.74. The molecule has 0 aliphatic carbocycles. The molecule has 0 bridgehead atoms. The van der Waals surface area contributed by atoms with Gasteiger partial charge in [-0.1, -0.05) is 30.3 Å². The number of benzene rings is 1. The number of carbonyl (C=O) groups is 1. The van der Waals surface area contributed by atoms with Crippen LogP contribution in [-0.2, 0) is 11.3 Å². The lowest BCUT2D eigenvalue weighted by atomic mass is 10.2. The van der Waals surface area contributed by atoms with Crippen molar-refractivity contribution in [2.24, 2.45) is 0 Å². The van der Waals surface area contributed by atoms with Crippen molar-refractivity contribution in [1.29, 1.82) is 0 Å². The first-order valence-electron chi connectivity index (χ1n) is 7.28. The molecular weight excluding hydrogens is 326 g/mol. The van der Waals surface area contributed by atoms with Crippen LogP contribution in [0.25, 0.3) is 0 Å². The zero-order valence-electron chi connectivity index (χ0n) is 13.7. The summed E-state index contributed by atoms with van der Waals surface area (Å²) in [7, 11) is 1.71. The summed E-state index contributed by atoms with van der Waals surface area (Å²) in [5.41, 5.74) is 5.38. The van der Waals surface area contributed by atoms with Gasteiger partial charge in [0.1, 0.15) is 6.61 Å². The standard InChI is InChI=1S/C16H19N5O2S/c1-11-9-12(2)18-14(17-11)21(3)20-15(24)19-16(22)23-10-13-7-5-4-6-8-13/h4-9H,10H2,1-3H3,(H2,19,20,22,24). The van der Waals surface area contributed by atoms with Crippen LogP contribution in [0.1, 0.15) is 17.0 Å². The lowest BCUT2D eigenvalue weighted by Crippen LogP contribution is -2.48. The van der Waals surface area contributed by atoms with Gasteiger partial charge in [-0.25, -0.2) is 14.8 Å². The minimum atomic E-state index is -0.633. The number of rotatable bonds is 4. The number of hydrogen-bond acceptors (Lipinski definition) is 6. The molecule has 1 amide bonds. The van der Waals surface area contributed by atoms with Gasteiger partial charge in [0.25, 0.3) is 0 Å². The Bertz CT molecular complexity index is 703. The van der Waals surface area contributed by atoms with Crippen molar-refractivity contribution < 1.29 is 9.53 Å². The van der Waals surface area contributed by atoms with Crippen LogP contribution < -0.4 is 15.8 Å². The number of hydrogen-bond donors (Lipinski definition) is 2. The molecule has 0 aliphatic rings. The number of nitrogens with zero attached hydrogens (tertiary/aromatic N) is 3. The van der Waals surface area contributed by atoms with Crippen LogP contribution in [0.3, 0.4) is 0 Å². The molecular formula is C16H19N5O2S. The molecule has 0 atom stereocenters. The van der Waals surface area contributed by atoms with E-state index in [9.17, 15) is 4.79 Å².